The second kappa shape index (κ2) is 6.90. The Hall–Kier alpha value is -3.19. The van der Waals surface area contributed by atoms with Crippen LogP contribution < -0.4 is 15.0 Å². The molecule has 0 spiro atoms. The lowest BCUT2D eigenvalue weighted by Crippen LogP contribution is -2.21. The van der Waals surface area contributed by atoms with Crippen LogP contribution in [0.4, 0.5) is 0 Å². The monoisotopic (exact) mass is 443 g/mol. The van der Waals surface area contributed by atoms with Crippen LogP contribution in [-0.2, 0) is 13.0 Å². The van der Waals surface area contributed by atoms with Crippen LogP contribution in [0.15, 0.2) is 41.2 Å². The molecule has 7 heteroatoms. The number of para-hydroxylation sites is 1. The van der Waals surface area contributed by atoms with E-state index in [0.29, 0.717) is 36.5 Å². The fourth-order valence-corrected chi connectivity index (χ4v) is 5.76. The van der Waals surface area contributed by atoms with E-state index in [2.05, 4.69) is 19.6 Å². The first-order valence-electron chi connectivity index (χ1n) is 11.1. The molecule has 0 atom stereocenters. The molecule has 0 aliphatic carbocycles. The number of ether oxygens (including phenoxy) is 2. The molecule has 4 aromatic rings. The number of rotatable bonds is 3. The van der Waals surface area contributed by atoms with Gasteiger partial charge in [-0.2, -0.15) is 0 Å². The average Bonchev–Trinajstić information content (AvgIpc) is 3.15. The molecule has 0 saturated carbocycles. The van der Waals surface area contributed by atoms with Gasteiger partial charge in [0.2, 0.25) is 0 Å². The van der Waals surface area contributed by atoms with Crippen LogP contribution in [0.25, 0.3) is 33.3 Å². The molecule has 0 radical (unpaired) electrons. The first-order chi connectivity index (χ1) is 15.4. The van der Waals surface area contributed by atoms with E-state index in [1.165, 1.54) is 5.56 Å². The summed E-state index contributed by atoms with van der Waals surface area (Å²) in [4.78, 5) is 23.2. The Labute approximate surface area is 186 Å². The molecule has 2 aliphatic heterocycles. The average molecular weight is 444 g/mol. The molecule has 6 nitrogen and oxygen atoms in total. The molecule has 0 N–H and O–H groups in total. The van der Waals surface area contributed by atoms with Gasteiger partial charge in [0, 0.05) is 19.0 Å². The molecule has 4 heterocycles. The third-order valence-electron chi connectivity index (χ3n) is 6.39. The quantitative estimate of drug-likeness (QED) is 0.381. The lowest BCUT2D eigenvalue weighted by Gasteiger charge is -2.23. The van der Waals surface area contributed by atoms with Crippen LogP contribution in [0.1, 0.15) is 11.1 Å². The highest BCUT2D eigenvalue weighted by Crippen LogP contribution is 2.44. The van der Waals surface area contributed by atoms with E-state index in [1.54, 1.807) is 4.57 Å². The number of aromatic nitrogens is 3. The second-order valence-electron chi connectivity index (χ2n) is 9.81. The maximum absolute atomic E-state index is 13.3. The van der Waals surface area contributed by atoms with E-state index in [0.717, 1.165) is 46.1 Å². The zero-order valence-corrected chi connectivity index (χ0v) is 19.6. The van der Waals surface area contributed by atoms with Gasteiger partial charge in [0.1, 0.15) is 18.9 Å². The Morgan fingerprint density at radius 1 is 1.00 bits per heavy atom. The highest BCUT2D eigenvalue weighted by Gasteiger charge is 2.31. The zero-order chi connectivity index (χ0) is 22.0. The second-order valence-corrected chi connectivity index (χ2v) is 15.4. The smallest absolute Gasteiger partial charge is 0.262 e. The third-order valence-corrected chi connectivity index (χ3v) is 8.14. The summed E-state index contributed by atoms with van der Waals surface area (Å²) in [7, 11) is -1.30. The normalized spacial score (nSPS) is 14.6. The molecule has 2 aliphatic rings. The molecule has 6 rings (SSSR count). The van der Waals surface area contributed by atoms with Gasteiger partial charge in [-0.1, -0.05) is 37.8 Å². The number of hydrogen-bond donors (Lipinski definition) is 0. The molecule has 162 valence electrons. The highest BCUT2D eigenvalue weighted by atomic mass is 28.3. The first kappa shape index (κ1) is 19.5. The summed E-state index contributed by atoms with van der Waals surface area (Å²) in [6.07, 6.45) is 0.930. The fraction of sp³-hybridized carbons (Fsp3) is 0.320. The van der Waals surface area contributed by atoms with Gasteiger partial charge >= 0.3 is 0 Å². The van der Waals surface area contributed by atoms with Crippen molar-refractivity contribution in [3.63, 3.8) is 0 Å². The Kier molecular flexibility index (Phi) is 4.20. The van der Waals surface area contributed by atoms with Crippen LogP contribution in [0.2, 0.25) is 25.7 Å². The molecule has 0 unspecified atom stereocenters. The summed E-state index contributed by atoms with van der Waals surface area (Å²) in [5.41, 5.74) is 4.72. The van der Waals surface area contributed by atoms with Crippen molar-refractivity contribution < 1.29 is 9.47 Å². The number of pyridine rings is 1. The fourth-order valence-electron chi connectivity index (χ4n) is 4.76. The Bertz CT molecular complexity index is 1470. The van der Waals surface area contributed by atoms with E-state index >= 15 is 0 Å². The van der Waals surface area contributed by atoms with Crippen molar-refractivity contribution in [1.29, 1.82) is 0 Å². The molecule has 2 aromatic heterocycles. The van der Waals surface area contributed by atoms with Crippen LogP contribution in [0.3, 0.4) is 0 Å². The lowest BCUT2D eigenvalue weighted by atomic mass is 9.98. The van der Waals surface area contributed by atoms with E-state index in [1.807, 2.05) is 36.4 Å². The number of fused-ring (bicyclic) bond motifs is 7. The van der Waals surface area contributed by atoms with Gasteiger partial charge in [-0.25, -0.2) is 9.97 Å². The predicted molar refractivity (Wildman–Crippen MR) is 129 cm³/mol. The lowest BCUT2D eigenvalue weighted by molar-refractivity contribution is 0.174. The van der Waals surface area contributed by atoms with Gasteiger partial charge in [-0.3, -0.25) is 9.36 Å². The Balaban J connectivity index is 1.65. The molecule has 0 fully saturated rings. The zero-order valence-electron chi connectivity index (χ0n) is 18.6. The van der Waals surface area contributed by atoms with Gasteiger partial charge in [0.05, 0.1) is 23.0 Å². The summed E-state index contributed by atoms with van der Waals surface area (Å²) in [6.45, 7) is 8.75. The van der Waals surface area contributed by atoms with E-state index in [4.69, 9.17) is 19.4 Å². The van der Waals surface area contributed by atoms with Crippen molar-refractivity contribution in [1.82, 2.24) is 14.5 Å². The largest absolute Gasteiger partial charge is 0.486 e. The van der Waals surface area contributed by atoms with Crippen molar-refractivity contribution in [2.45, 2.75) is 38.7 Å². The topological polar surface area (TPSA) is 66.2 Å². The minimum absolute atomic E-state index is 0.00888. The number of hydrogen-bond acceptors (Lipinski definition) is 5. The highest BCUT2D eigenvalue weighted by molar-refractivity contribution is 6.76. The van der Waals surface area contributed by atoms with Crippen molar-refractivity contribution in [2.24, 2.45) is 0 Å². The maximum atomic E-state index is 13.3. The first-order valence-corrected chi connectivity index (χ1v) is 14.9. The van der Waals surface area contributed by atoms with Crippen LogP contribution in [0.5, 0.6) is 11.5 Å². The SMILES string of the molecule is C[Si](C)(C)CCc1c2c(nc3ccc4c(c13)OCCO4)-c1nc3ccccc3c(=O)n1C2. The molecule has 0 saturated heterocycles. The molecule has 2 aromatic carbocycles. The van der Waals surface area contributed by atoms with Crippen LogP contribution >= 0.6 is 0 Å². The summed E-state index contributed by atoms with van der Waals surface area (Å²) in [6, 6.07) is 12.6. The van der Waals surface area contributed by atoms with Gasteiger partial charge < -0.3 is 9.47 Å². The van der Waals surface area contributed by atoms with Gasteiger partial charge in [-0.15, -0.1) is 0 Å². The molecule has 32 heavy (non-hydrogen) atoms. The number of aryl methyl sites for hydroxylation is 1. The maximum Gasteiger partial charge on any atom is 0.262 e. The molecular weight excluding hydrogens is 418 g/mol. The number of benzene rings is 2. The number of nitrogens with zero attached hydrogens (tertiary/aromatic N) is 3. The van der Waals surface area contributed by atoms with E-state index in [9.17, 15) is 4.79 Å². The Morgan fingerprint density at radius 2 is 1.81 bits per heavy atom. The molecule has 0 bridgehead atoms. The summed E-state index contributed by atoms with van der Waals surface area (Å²) in [5.74, 6) is 2.22. The molecule has 0 amide bonds. The minimum Gasteiger partial charge on any atom is -0.486 e. The van der Waals surface area contributed by atoms with E-state index < -0.39 is 8.07 Å². The van der Waals surface area contributed by atoms with Crippen LogP contribution in [-0.4, -0.2) is 35.8 Å². The summed E-state index contributed by atoms with van der Waals surface area (Å²) in [5, 5.41) is 1.68. The van der Waals surface area contributed by atoms with Crippen molar-refractivity contribution in [2.75, 3.05) is 13.2 Å². The third kappa shape index (κ3) is 2.95. The predicted octanol–water partition coefficient (Wildman–Crippen LogP) is 4.63. The Morgan fingerprint density at radius 3 is 2.66 bits per heavy atom. The molecular formula is C25H25N3O3Si. The minimum atomic E-state index is -1.30. The summed E-state index contributed by atoms with van der Waals surface area (Å²) >= 11 is 0. The van der Waals surface area contributed by atoms with Crippen molar-refractivity contribution >= 4 is 29.9 Å². The standard InChI is InChI=1S/C25H25N3O3Si/c1-32(2,3)13-10-15-17-14-28-24(27-18-7-5-4-6-16(18)25(28)29)22(17)26-19-8-9-20-23(21(15)19)31-12-11-30-20/h4-9H,10-14H2,1-3H3. The van der Waals surface area contributed by atoms with Gasteiger partial charge in [0.15, 0.2) is 17.3 Å². The van der Waals surface area contributed by atoms with Gasteiger partial charge in [0.25, 0.3) is 5.56 Å². The summed E-state index contributed by atoms with van der Waals surface area (Å²) < 4.78 is 13.7. The van der Waals surface area contributed by atoms with Crippen LogP contribution in [0, 0.1) is 0 Å². The van der Waals surface area contributed by atoms with Crippen molar-refractivity contribution in [3.8, 4) is 23.0 Å². The van der Waals surface area contributed by atoms with Crippen molar-refractivity contribution in [3.05, 3.63) is 57.9 Å². The van der Waals surface area contributed by atoms with E-state index in [-0.39, 0.29) is 5.56 Å². The van der Waals surface area contributed by atoms with Gasteiger partial charge in [-0.05, 0) is 36.2 Å².